The smallest absolute Gasteiger partial charge is 0.324 e. The molecule has 0 unspecified atom stereocenters. The van der Waals surface area contributed by atoms with E-state index in [-0.39, 0.29) is 18.0 Å². The van der Waals surface area contributed by atoms with E-state index < -0.39 is 6.61 Å². The van der Waals surface area contributed by atoms with Crippen molar-refractivity contribution >= 4 is 40.0 Å². The van der Waals surface area contributed by atoms with Crippen LogP contribution in [0.1, 0.15) is 18.4 Å². The first-order valence-corrected chi connectivity index (χ1v) is 11.2. The van der Waals surface area contributed by atoms with Gasteiger partial charge in [-0.3, -0.25) is 14.7 Å². The molecule has 0 aromatic carbocycles. The van der Waals surface area contributed by atoms with Gasteiger partial charge in [-0.15, -0.1) is 0 Å². The zero-order chi connectivity index (χ0) is 21.5. The largest absolute Gasteiger partial charge is 0.387 e. The minimum absolute atomic E-state index is 0.0473. The quantitative estimate of drug-likeness (QED) is 0.681. The second-order valence-electron chi connectivity index (χ2n) is 7.99. The molecule has 2 aliphatic rings. The number of amides is 3. The Morgan fingerprint density at radius 1 is 1.26 bits per heavy atom. The van der Waals surface area contributed by atoms with E-state index in [0.29, 0.717) is 32.5 Å². The van der Waals surface area contributed by atoms with Gasteiger partial charge in [-0.05, 0) is 36.4 Å². The fourth-order valence-corrected chi connectivity index (χ4v) is 5.11. The van der Waals surface area contributed by atoms with Crippen molar-refractivity contribution in [3.05, 3.63) is 40.7 Å². The number of aliphatic hydroxyl groups is 1. The van der Waals surface area contributed by atoms with E-state index in [4.69, 9.17) is 10.1 Å². The molecule has 8 nitrogen and oxygen atoms in total. The van der Waals surface area contributed by atoms with Crippen molar-refractivity contribution in [2.24, 2.45) is 0 Å². The molecule has 0 aliphatic carbocycles. The van der Waals surface area contributed by atoms with Crippen LogP contribution in [0.2, 0.25) is 0 Å². The van der Waals surface area contributed by atoms with Crippen LogP contribution in [-0.4, -0.2) is 69.6 Å². The van der Waals surface area contributed by atoms with Crippen LogP contribution in [0.15, 0.2) is 35.2 Å². The number of piperidine rings is 1. The summed E-state index contributed by atoms with van der Waals surface area (Å²) in [6.07, 6.45) is 3.14. The Morgan fingerprint density at radius 2 is 2.06 bits per heavy atom. The molecule has 3 amide bonds. The number of pyridine rings is 2. The third-order valence-corrected chi connectivity index (χ3v) is 6.76. The maximum absolute atomic E-state index is 13.3. The summed E-state index contributed by atoms with van der Waals surface area (Å²) in [5.74, 6) is -0.266. The Morgan fingerprint density at radius 3 is 2.77 bits per heavy atom. The number of carbonyl (C=O) groups excluding carboxylic acids is 2. The van der Waals surface area contributed by atoms with Crippen molar-refractivity contribution in [1.29, 1.82) is 0 Å². The fraction of sp³-hybridized carbons (Fsp3) is 0.364. The predicted octanol–water partition coefficient (Wildman–Crippen LogP) is 2.71. The molecular formula is C22H23N5O3S. The number of rotatable bonds is 3. The molecule has 0 radical (unpaired) electrons. The van der Waals surface area contributed by atoms with Crippen molar-refractivity contribution in [3.63, 3.8) is 0 Å². The number of nitrogens with zero attached hydrogens (tertiary/aromatic N) is 5. The van der Waals surface area contributed by atoms with Gasteiger partial charge in [0.05, 0.1) is 23.4 Å². The second kappa shape index (κ2) is 7.90. The average Bonchev–Trinajstić information content (AvgIpc) is 3.34. The molecule has 5 heterocycles. The lowest BCUT2D eigenvalue weighted by atomic mass is 9.99. The van der Waals surface area contributed by atoms with E-state index in [0.717, 1.165) is 33.5 Å². The Bertz CT molecular complexity index is 1140. The molecule has 1 fully saturated rings. The number of fused-ring (bicyclic) bond motifs is 3. The van der Waals surface area contributed by atoms with Gasteiger partial charge in [0.25, 0.3) is 0 Å². The van der Waals surface area contributed by atoms with Gasteiger partial charge in [0.15, 0.2) is 0 Å². The summed E-state index contributed by atoms with van der Waals surface area (Å²) < 4.78 is 0. The number of hydrogen-bond donors (Lipinski definition) is 1. The van der Waals surface area contributed by atoms with Crippen LogP contribution in [0.5, 0.6) is 0 Å². The molecule has 3 aromatic rings. The lowest BCUT2D eigenvalue weighted by Gasteiger charge is -2.43. The number of hydrogen-bond acceptors (Lipinski definition) is 6. The van der Waals surface area contributed by atoms with Crippen LogP contribution < -0.4 is 4.90 Å². The van der Waals surface area contributed by atoms with Gasteiger partial charge in [0.2, 0.25) is 5.91 Å². The summed E-state index contributed by atoms with van der Waals surface area (Å²) in [5, 5.41) is 13.2. The molecule has 0 saturated carbocycles. The second-order valence-corrected chi connectivity index (χ2v) is 8.77. The van der Waals surface area contributed by atoms with Crippen LogP contribution in [0, 0.1) is 0 Å². The normalized spacial score (nSPS) is 17.4. The van der Waals surface area contributed by atoms with E-state index in [9.17, 15) is 9.59 Å². The number of carbonyl (C=O) groups is 2. The van der Waals surface area contributed by atoms with Gasteiger partial charge in [-0.1, -0.05) is 0 Å². The van der Waals surface area contributed by atoms with Crippen LogP contribution in [0.4, 0.5) is 10.5 Å². The van der Waals surface area contributed by atoms with Gasteiger partial charge in [0.1, 0.15) is 12.1 Å². The summed E-state index contributed by atoms with van der Waals surface area (Å²) in [4.78, 5) is 39.9. The van der Waals surface area contributed by atoms with Gasteiger partial charge in [-0.2, -0.15) is 11.3 Å². The lowest BCUT2D eigenvalue weighted by Crippen LogP contribution is -2.54. The molecule has 0 atom stereocenters. The third kappa shape index (κ3) is 3.43. The summed E-state index contributed by atoms with van der Waals surface area (Å²) in [7, 11) is 1.79. The van der Waals surface area contributed by atoms with Gasteiger partial charge in [0, 0.05) is 48.9 Å². The molecular weight excluding hydrogens is 414 g/mol. The minimum Gasteiger partial charge on any atom is -0.387 e. The summed E-state index contributed by atoms with van der Waals surface area (Å²) in [6.45, 7) is 1.04. The van der Waals surface area contributed by atoms with Crippen molar-refractivity contribution in [1.82, 2.24) is 19.8 Å². The molecule has 9 heteroatoms. The van der Waals surface area contributed by atoms with Crippen LogP contribution in [0.3, 0.4) is 0 Å². The van der Waals surface area contributed by atoms with Crippen LogP contribution in [0.25, 0.3) is 22.3 Å². The highest BCUT2D eigenvalue weighted by Gasteiger charge is 2.37. The molecule has 3 aromatic heterocycles. The van der Waals surface area contributed by atoms with Crippen molar-refractivity contribution in [2.75, 3.05) is 31.6 Å². The monoisotopic (exact) mass is 437 g/mol. The highest BCUT2D eigenvalue weighted by atomic mass is 32.1. The zero-order valence-corrected chi connectivity index (χ0v) is 18.0. The highest BCUT2D eigenvalue weighted by Crippen LogP contribution is 2.37. The van der Waals surface area contributed by atoms with Crippen molar-refractivity contribution < 1.29 is 14.7 Å². The molecule has 5 rings (SSSR count). The van der Waals surface area contributed by atoms with Crippen molar-refractivity contribution in [2.45, 2.75) is 25.4 Å². The molecule has 0 spiro atoms. The van der Waals surface area contributed by atoms with Crippen molar-refractivity contribution in [3.8, 4) is 11.3 Å². The van der Waals surface area contributed by atoms with Crippen LogP contribution >= 0.6 is 11.3 Å². The summed E-state index contributed by atoms with van der Waals surface area (Å²) in [5.41, 5.74) is 5.20. The topological polar surface area (TPSA) is 89.9 Å². The van der Waals surface area contributed by atoms with Gasteiger partial charge < -0.3 is 14.9 Å². The summed E-state index contributed by atoms with van der Waals surface area (Å²) >= 11 is 1.62. The maximum atomic E-state index is 13.3. The number of aromatic nitrogens is 2. The average molecular weight is 438 g/mol. The van der Waals surface area contributed by atoms with Gasteiger partial charge in [-0.25, -0.2) is 9.78 Å². The Kier molecular flexibility index (Phi) is 5.07. The number of urea groups is 1. The Balaban J connectivity index is 1.58. The first-order valence-electron chi connectivity index (χ1n) is 10.3. The third-order valence-electron chi connectivity index (χ3n) is 6.08. The van der Waals surface area contributed by atoms with E-state index in [2.05, 4.69) is 10.4 Å². The first kappa shape index (κ1) is 19.9. The van der Waals surface area contributed by atoms with Crippen LogP contribution in [-0.2, 0) is 11.3 Å². The molecule has 160 valence electrons. The number of thiophene rings is 1. The standard InChI is InChI=1S/C22H23N5O3S/c1-25-11-15-10-23-18-3-2-17(14-6-9-31-13-14)24-20(18)21(15)27(22(25)30)16-4-7-26(8-5-16)19(29)12-28/h2-3,6,9-10,13,16,28H,4-5,7-8,11-12H2,1H3. The number of aliphatic hydroxyl groups excluding tert-OH is 1. The van der Waals surface area contributed by atoms with E-state index in [1.54, 1.807) is 28.2 Å². The Labute approximate surface area is 183 Å². The molecule has 1 N–H and O–H groups in total. The summed E-state index contributed by atoms with van der Waals surface area (Å²) in [6, 6.07) is 5.85. The number of anilines is 1. The minimum atomic E-state index is -0.482. The lowest BCUT2D eigenvalue weighted by molar-refractivity contribution is -0.135. The Hall–Kier alpha value is -3.04. The molecule has 0 bridgehead atoms. The zero-order valence-electron chi connectivity index (χ0n) is 17.2. The van der Waals surface area contributed by atoms with E-state index >= 15 is 0 Å². The molecule has 2 aliphatic heterocycles. The first-order chi connectivity index (χ1) is 15.1. The maximum Gasteiger partial charge on any atom is 0.324 e. The van der Waals surface area contributed by atoms with Gasteiger partial charge >= 0.3 is 6.03 Å². The van der Waals surface area contributed by atoms with E-state index in [1.807, 2.05) is 34.7 Å². The highest BCUT2D eigenvalue weighted by molar-refractivity contribution is 7.08. The number of likely N-dealkylation sites (tertiary alicyclic amines) is 1. The predicted molar refractivity (Wildman–Crippen MR) is 119 cm³/mol. The molecule has 31 heavy (non-hydrogen) atoms. The fourth-order valence-electron chi connectivity index (χ4n) is 4.46. The molecule has 1 saturated heterocycles. The SMILES string of the molecule is CN1Cc2cnc3ccc(-c4ccsc4)nc3c2N(C2CCN(C(=O)CO)CC2)C1=O. The van der Waals surface area contributed by atoms with E-state index in [1.165, 1.54) is 0 Å².